The Morgan fingerprint density at radius 2 is 0.871 bits per heavy atom. The van der Waals surface area contributed by atoms with Crippen LogP contribution in [0.25, 0.3) is 0 Å². The van der Waals surface area contributed by atoms with Crippen LogP contribution in [-0.4, -0.2) is 45.2 Å². The molecule has 1 amide bonds. The molecular formula is C23H41NO7. The van der Waals surface area contributed by atoms with Gasteiger partial charge in [-0.3, -0.25) is 14.4 Å². The molecule has 0 aromatic carbocycles. The first-order chi connectivity index (χ1) is 14.8. The highest BCUT2D eigenvalue weighted by Gasteiger charge is 2.20. The summed E-state index contributed by atoms with van der Waals surface area (Å²) in [6.07, 6.45) is 15.5. The van der Waals surface area contributed by atoms with Crippen molar-refractivity contribution in [2.24, 2.45) is 0 Å². The monoisotopic (exact) mass is 443 g/mol. The minimum atomic E-state index is -1.20. The fourth-order valence-corrected chi connectivity index (χ4v) is 3.47. The Balaban J connectivity index is 3.43. The average molecular weight is 444 g/mol. The van der Waals surface area contributed by atoms with Crippen LogP contribution in [0.5, 0.6) is 0 Å². The number of hydrogen-bond acceptors (Lipinski definition) is 4. The molecule has 0 aromatic heterocycles. The lowest BCUT2D eigenvalue weighted by molar-refractivity contribution is -0.143. The van der Waals surface area contributed by atoms with Crippen LogP contribution in [0.3, 0.4) is 0 Å². The van der Waals surface area contributed by atoms with Gasteiger partial charge >= 0.3 is 17.9 Å². The molecule has 0 spiro atoms. The lowest BCUT2D eigenvalue weighted by Crippen LogP contribution is -2.41. The Morgan fingerprint density at radius 3 is 1.23 bits per heavy atom. The molecule has 31 heavy (non-hydrogen) atoms. The predicted molar refractivity (Wildman–Crippen MR) is 118 cm³/mol. The molecule has 0 aromatic rings. The third kappa shape index (κ3) is 20.9. The molecule has 0 aliphatic rings. The van der Waals surface area contributed by atoms with E-state index in [1.807, 2.05) is 0 Å². The molecule has 0 rings (SSSR count). The minimum absolute atomic E-state index is 0.108. The molecule has 0 radical (unpaired) electrons. The fourth-order valence-electron chi connectivity index (χ4n) is 3.47. The molecule has 1 unspecified atom stereocenters. The van der Waals surface area contributed by atoms with Gasteiger partial charge in [-0.1, -0.05) is 77.0 Å². The smallest absolute Gasteiger partial charge is 0.326 e. The predicted octanol–water partition coefficient (Wildman–Crippen LogP) is 4.75. The van der Waals surface area contributed by atoms with Gasteiger partial charge in [0.2, 0.25) is 5.91 Å². The van der Waals surface area contributed by atoms with E-state index in [0.29, 0.717) is 6.42 Å². The molecule has 0 bridgehead atoms. The van der Waals surface area contributed by atoms with Crippen molar-refractivity contribution < 1.29 is 34.5 Å². The summed E-state index contributed by atoms with van der Waals surface area (Å²) in [5.41, 5.74) is 0. The quantitative estimate of drug-likeness (QED) is 0.177. The van der Waals surface area contributed by atoms with Crippen molar-refractivity contribution in [3.63, 3.8) is 0 Å². The summed E-state index contributed by atoms with van der Waals surface area (Å²) in [5, 5.41) is 28.6. The minimum Gasteiger partial charge on any atom is -0.481 e. The number of rotatable bonds is 22. The van der Waals surface area contributed by atoms with Crippen molar-refractivity contribution >= 4 is 23.8 Å². The maximum atomic E-state index is 11.8. The first-order valence-electron chi connectivity index (χ1n) is 11.8. The molecule has 0 aliphatic carbocycles. The third-order valence-electron chi connectivity index (χ3n) is 5.32. The van der Waals surface area contributed by atoms with Crippen molar-refractivity contribution in [2.75, 3.05) is 0 Å². The average Bonchev–Trinajstić information content (AvgIpc) is 2.70. The zero-order valence-electron chi connectivity index (χ0n) is 18.8. The highest BCUT2D eigenvalue weighted by atomic mass is 16.4. The standard InChI is InChI=1S/C23H41NO7/c25-20(24-19(23(30)31)17-18-22(28)29)15-13-11-9-7-5-3-1-2-4-6-8-10-12-14-16-21(26)27/h19H,1-18H2,(H,24,25)(H,26,27)(H,28,29)(H,30,31). The van der Waals surface area contributed by atoms with E-state index >= 15 is 0 Å². The number of carboxylic acid groups (broad SMARTS) is 3. The number of carboxylic acids is 3. The topological polar surface area (TPSA) is 141 Å². The van der Waals surface area contributed by atoms with Gasteiger partial charge in [-0.2, -0.15) is 0 Å². The molecule has 0 saturated carbocycles. The molecule has 0 aliphatic heterocycles. The van der Waals surface area contributed by atoms with Crippen LogP contribution in [0.15, 0.2) is 0 Å². The van der Waals surface area contributed by atoms with Gasteiger partial charge in [-0.25, -0.2) is 4.79 Å². The van der Waals surface area contributed by atoms with Crippen LogP contribution >= 0.6 is 0 Å². The molecule has 1 atom stereocenters. The second kappa shape index (κ2) is 19.8. The summed E-state index contributed by atoms with van der Waals surface area (Å²) in [6, 6.07) is -1.14. The van der Waals surface area contributed by atoms with Gasteiger partial charge in [0.1, 0.15) is 6.04 Å². The van der Waals surface area contributed by atoms with Gasteiger partial charge in [0.15, 0.2) is 0 Å². The van der Waals surface area contributed by atoms with Crippen LogP contribution in [-0.2, 0) is 19.2 Å². The van der Waals surface area contributed by atoms with Crippen LogP contribution < -0.4 is 5.32 Å². The lowest BCUT2D eigenvalue weighted by atomic mass is 10.0. The van der Waals surface area contributed by atoms with Crippen LogP contribution in [0.2, 0.25) is 0 Å². The van der Waals surface area contributed by atoms with Gasteiger partial charge in [-0.05, 0) is 19.3 Å². The van der Waals surface area contributed by atoms with Gasteiger partial charge in [-0.15, -0.1) is 0 Å². The summed E-state index contributed by atoms with van der Waals surface area (Å²) < 4.78 is 0. The summed E-state index contributed by atoms with van der Waals surface area (Å²) in [5.74, 6) is -3.32. The number of aliphatic carboxylic acids is 3. The molecule has 0 saturated heterocycles. The zero-order valence-corrected chi connectivity index (χ0v) is 18.8. The normalized spacial score (nSPS) is 11.7. The lowest BCUT2D eigenvalue weighted by Gasteiger charge is -2.13. The first kappa shape index (κ1) is 28.9. The van der Waals surface area contributed by atoms with Gasteiger partial charge in [0.05, 0.1) is 0 Å². The highest BCUT2D eigenvalue weighted by Crippen LogP contribution is 2.14. The maximum absolute atomic E-state index is 11.8. The molecule has 4 N–H and O–H groups in total. The number of nitrogens with one attached hydrogen (secondary N) is 1. The maximum Gasteiger partial charge on any atom is 0.326 e. The van der Waals surface area contributed by atoms with Gasteiger partial charge in [0.25, 0.3) is 0 Å². The number of carbonyl (C=O) groups excluding carboxylic acids is 1. The number of hydrogen-bond donors (Lipinski definition) is 4. The number of carbonyl (C=O) groups is 4. The molecule has 8 heteroatoms. The zero-order chi connectivity index (χ0) is 23.3. The fraction of sp³-hybridized carbons (Fsp3) is 0.826. The Kier molecular flexibility index (Phi) is 18.5. The molecule has 0 fully saturated rings. The van der Waals surface area contributed by atoms with E-state index in [-0.39, 0.29) is 31.6 Å². The van der Waals surface area contributed by atoms with E-state index in [1.165, 1.54) is 44.9 Å². The van der Waals surface area contributed by atoms with Crippen LogP contribution in [0.1, 0.15) is 116 Å². The van der Waals surface area contributed by atoms with Crippen LogP contribution in [0, 0.1) is 0 Å². The van der Waals surface area contributed by atoms with E-state index in [0.717, 1.165) is 38.5 Å². The van der Waals surface area contributed by atoms with E-state index in [2.05, 4.69) is 5.32 Å². The van der Waals surface area contributed by atoms with E-state index < -0.39 is 23.9 Å². The largest absolute Gasteiger partial charge is 0.481 e. The number of unbranched alkanes of at least 4 members (excludes halogenated alkanes) is 13. The first-order valence-corrected chi connectivity index (χ1v) is 11.8. The van der Waals surface area contributed by atoms with Crippen molar-refractivity contribution in [1.82, 2.24) is 5.32 Å². The summed E-state index contributed by atoms with van der Waals surface area (Å²) in [4.78, 5) is 43.8. The molecule has 0 heterocycles. The van der Waals surface area contributed by atoms with Crippen molar-refractivity contribution in [3.05, 3.63) is 0 Å². The van der Waals surface area contributed by atoms with E-state index in [4.69, 9.17) is 15.3 Å². The number of amides is 1. The van der Waals surface area contributed by atoms with Crippen molar-refractivity contribution in [3.8, 4) is 0 Å². The van der Waals surface area contributed by atoms with Crippen molar-refractivity contribution in [1.29, 1.82) is 0 Å². The summed E-state index contributed by atoms with van der Waals surface area (Å²) in [7, 11) is 0. The molecule has 180 valence electrons. The summed E-state index contributed by atoms with van der Waals surface area (Å²) in [6.45, 7) is 0. The molecular weight excluding hydrogens is 402 g/mol. The Morgan fingerprint density at radius 1 is 0.516 bits per heavy atom. The van der Waals surface area contributed by atoms with Crippen LogP contribution in [0.4, 0.5) is 0 Å². The third-order valence-corrected chi connectivity index (χ3v) is 5.32. The van der Waals surface area contributed by atoms with E-state index in [9.17, 15) is 19.2 Å². The van der Waals surface area contributed by atoms with E-state index in [1.54, 1.807) is 0 Å². The van der Waals surface area contributed by atoms with Gasteiger partial charge < -0.3 is 20.6 Å². The second-order valence-electron chi connectivity index (χ2n) is 8.23. The Hall–Kier alpha value is -2.12. The molecule has 8 nitrogen and oxygen atoms in total. The summed E-state index contributed by atoms with van der Waals surface area (Å²) >= 11 is 0. The van der Waals surface area contributed by atoms with Gasteiger partial charge in [0, 0.05) is 19.3 Å². The second-order valence-corrected chi connectivity index (χ2v) is 8.23. The SMILES string of the molecule is O=C(O)CCCCCCCCCCCCCCCCC(=O)NC(CCC(=O)O)C(=O)O. The Bertz CT molecular complexity index is 522. The highest BCUT2D eigenvalue weighted by molar-refractivity contribution is 5.83. The van der Waals surface area contributed by atoms with Crippen molar-refractivity contribution in [2.45, 2.75) is 122 Å². The Labute approximate surface area is 185 Å².